The SMILES string of the molecule is Cc1cncc(COc2ccc(N)cc2C(F)(F)F)c1. The van der Waals surface area contributed by atoms with E-state index in [-0.39, 0.29) is 18.0 Å². The van der Waals surface area contributed by atoms with Crippen LogP contribution in [-0.4, -0.2) is 4.98 Å². The Balaban J connectivity index is 2.21. The van der Waals surface area contributed by atoms with Crippen molar-refractivity contribution in [3.05, 3.63) is 53.3 Å². The van der Waals surface area contributed by atoms with Crippen LogP contribution >= 0.6 is 0 Å². The molecule has 0 fully saturated rings. The minimum atomic E-state index is -4.50. The molecule has 0 bridgehead atoms. The zero-order valence-electron chi connectivity index (χ0n) is 10.7. The van der Waals surface area contributed by atoms with Gasteiger partial charge in [0, 0.05) is 23.6 Å². The van der Waals surface area contributed by atoms with Crippen LogP contribution in [0.3, 0.4) is 0 Å². The van der Waals surface area contributed by atoms with Crippen LogP contribution in [-0.2, 0) is 12.8 Å². The second-order valence-electron chi connectivity index (χ2n) is 4.41. The molecule has 2 aromatic rings. The number of halogens is 3. The zero-order chi connectivity index (χ0) is 14.8. The van der Waals surface area contributed by atoms with E-state index in [1.165, 1.54) is 12.1 Å². The molecule has 0 amide bonds. The molecule has 0 atom stereocenters. The second kappa shape index (κ2) is 5.40. The summed E-state index contributed by atoms with van der Waals surface area (Å²) in [5.41, 5.74) is 6.17. The lowest BCUT2D eigenvalue weighted by molar-refractivity contribution is -0.139. The maximum atomic E-state index is 12.9. The van der Waals surface area contributed by atoms with Gasteiger partial charge in [-0.1, -0.05) is 0 Å². The van der Waals surface area contributed by atoms with Crippen LogP contribution in [0, 0.1) is 6.92 Å². The van der Waals surface area contributed by atoms with Crippen molar-refractivity contribution < 1.29 is 17.9 Å². The Morgan fingerprint density at radius 3 is 2.60 bits per heavy atom. The molecule has 0 radical (unpaired) electrons. The lowest BCUT2D eigenvalue weighted by Gasteiger charge is -2.14. The van der Waals surface area contributed by atoms with Crippen LogP contribution in [0.1, 0.15) is 16.7 Å². The number of anilines is 1. The number of alkyl halides is 3. The Morgan fingerprint density at radius 1 is 1.20 bits per heavy atom. The van der Waals surface area contributed by atoms with E-state index in [2.05, 4.69) is 4.98 Å². The number of pyridine rings is 1. The summed E-state index contributed by atoms with van der Waals surface area (Å²) in [4.78, 5) is 3.96. The van der Waals surface area contributed by atoms with Gasteiger partial charge in [-0.15, -0.1) is 0 Å². The van der Waals surface area contributed by atoms with Gasteiger partial charge in [-0.3, -0.25) is 4.98 Å². The van der Waals surface area contributed by atoms with Gasteiger partial charge >= 0.3 is 6.18 Å². The number of rotatable bonds is 3. The number of benzene rings is 1. The molecule has 106 valence electrons. The summed E-state index contributed by atoms with van der Waals surface area (Å²) in [6.07, 6.45) is -1.29. The van der Waals surface area contributed by atoms with Crippen molar-refractivity contribution in [3.8, 4) is 5.75 Å². The number of aryl methyl sites for hydroxylation is 1. The second-order valence-corrected chi connectivity index (χ2v) is 4.41. The summed E-state index contributed by atoms with van der Waals surface area (Å²) < 4.78 is 43.9. The summed E-state index contributed by atoms with van der Waals surface area (Å²) >= 11 is 0. The summed E-state index contributed by atoms with van der Waals surface area (Å²) in [6.45, 7) is 1.86. The first-order valence-corrected chi connectivity index (χ1v) is 5.86. The third-order valence-electron chi connectivity index (χ3n) is 2.63. The van der Waals surface area contributed by atoms with E-state index in [4.69, 9.17) is 10.5 Å². The quantitative estimate of drug-likeness (QED) is 0.875. The van der Waals surface area contributed by atoms with Gasteiger partial charge in [0.1, 0.15) is 12.4 Å². The maximum absolute atomic E-state index is 12.9. The summed E-state index contributed by atoms with van der Waals surface area (Å²) in [5, 5.41) is 0. The molecule has 2 rings (SSSR count). The molecule has 1 aromatic heterocycles. The fraction of sp³-hybridized carbons (Fsp3) is 0.214. The van der Waals surface area contributed by atoms with Gasteiger partial charge in [-0.05, 0) is 36.8 Å². The molecule has 1 heterocycles. The highest BCUT2D eigenvalue weighted by atomic mass is 19.4. The molecule has 1 aromatic carbocycles. The van der Waals surface area contributed by atoms with Gasteiger partial charge in [0.05, 0.1) is 5.56 Å². The molecule has 3 nitrogen and oxygen atoms in total. The smallest absolute Gasteiger partial charge is 0.420 e. The average Bonchev–Trinajstić information content (AvgIpc) is 2.36. The van der Waals surface area contributed by atoms with E-state index in [1.54, 1.807) is 18.5 Å². The number of ether oxygens (including phenoxy) is 1. The van der Waals surface area contributed by atoms with Crippen LogP contribution < -0.4 is 10.5 Å². The van der Waals surface area contributed by atoms with Crippen LogP contribution in [0.2, 0.25) is 0 Å². The van der Waals surface area contributed by atoms with E-state index in [0.717, 1.165) is 11.6 Å². The molecule has 2 N–H and O–H groups in total. The van der Waals surface area contributed by atoms with Crippen molar-refractivity contribution in [2.75, 3.05) is 5.73 Å². The molecule has 0 aliphatic rings. The van der Waals surface area contributed by atoms with Crippen molar-refractivity contribution in [2.45, 2.75) is 19.7 Å². The Morgan fingerprint density at radius 2 is 1.95 bits per heavy atom. The van der Waals surface area contributed by atoms with E-state index in [0.29, 0.717) is 5.56 Å². The van der Waals surface area contributed by atoms with E-state index in [9.17, 15) is 13.2 Å². The molecule has 0 saturated carbocycles. The number of nitrogens with two attached hydrogens (primary N) is 1. The largest absolute Gasteiger partial charge is 0.488 e. The molecule has 0 saturated heterocycles. The fourth-order valence-electron chi connectivity index (χ4n) is 1.75. The molecule has 0 aliphatic carbocycles. The van der Waals surface area contributed by atoms with Crippen molar-refractivity contribution in [2.24, 2.45) is 0 Å². The normalized spacial score (nSPS) is 11.4. The van der Waals surface area contributed by atoms with Crippen molar-refractivity contribution in [3.63, 3.8) is 0 Å². The first-order valence-electron chi connectivity index (χ1n) is 5.86. The average molecular weight is 282 g/mol. The third kappa shape index (κ3) is 3.40. The molecule has 6 heteroatoms. The van der Waals surface area contributed by atoms with E-state index < -0.39 is 11.7 Å². The maximum Gasteiger partial charge on any atom is 0.420 e. The first kappa shape index (κ1) is 14.2. The predicted octanol–water partition coefficient (Wildman–Crippen LogP) is 3.57. The van der Waals surface area contributed by atoms with Crippen LogP contribution in [0.5, 0.6) is 5.75 Å². The Labute approximate surface area is 114 Å². The number of hydrogen-bond acceptors (Lipinski definition) is 3. The van der Waals surface area contributed by atoms with E-state index in [1.807, 2.05) is 6.92 Å². The minimum absolute atomic E-state index is 0.0156. The monoisotopic (exact) mass is 282 g/mol. The summed E-state index contributed by atoms with van der Waals surface area (Å²) in [6, 6.07) is 5.27. The highest BCUT2D eigenvalue weighted by molar-refractivity contribution is 5.49. The van der Waals surface area contributed by atoms with Gasteiger partial charge in [0.2, 0.25) is 0 Å². The molecule has 0 aliphatic heterocycles. The van der Waals surface area contributed by atoms with Crippen molar-refractivity contribution in [1.29, 1.82) is 0 Å². The van der Waals surface area contributed by atoms with Gasteiger partial charge in [0.15, 0.2) is 0 Å². The number of aromatic nitrogens is 1. The van der Waals surface area contributed by atoms with Crippen molar-refractivity contribution >= 4 is 5.69 Å². The predicted molar refractivity (Wildman–Crippen MR) is 69.2 cm³/mol. The standard InChI is InChI=1S/C14H13F3N2O/c1-9-4-10(7-19-6-9)8-20-13-3-2-11(18)5-12(13)14(15,16)17/h2-7H,8,18H2,1H3. The Bertz CT molecular complexity index is 612. The number of nitrogens with zero attached hydrogens (tertiary/aromatic N) is 1. The van der Waals surface area contributed by atoms with Gasteiger partial charge in [-0.2, -0.15) is 13.2 Å². The van der Waals surface area contributed by atoms with Crippen molar-refractivity contribution in [1.82, 2.24) is 4.98 Å². The molecular formula is C14H13F3N2O. The summed E-state index contributed by atoms with van der Waals surface area (Å²) in [5.74, 6) is -0.242. The van der Waals surface area contributed by atoms with Gasteiger partial charge < -0.3 is 10.5 Å². The zero-order valence-corrected chi connectivity index (χ0v) is 10.7. The molecular weight excluding hydrogens is 269 g/mol. The number of nitrogen functional groups attached to an aromatic ring is 1. The number of hydrogen-bond donors (Lipinski definition) is 1. The fourth-order valence-corrected chi connectivity index (χ4v) is 1.75. The minimum Gasteiger partial charge on any atom is -0.488 e. The van der Waals surface area contributed by atoms with Gasteiger partial charge in [0.25, 0.3) is 0 Å². The summed E-state index contributed by atoms with van der Waals surface area (Å²) in [7, 11) is 0. The van der Waals surface area contributed by atoms with Crippen LogP contribution in [0.15, 0.2) is 36.7 Å². The lowest BCUT2D eigenvalue weighted by Crippen LogP contribution is -2.09. The van der Waals surface area contributed by atoms with Gasteiger partial charge in [-0.25, -0.2) is 0 Å². The molecule has 20 heavy (non-hydrogen) atoms. The topological polar surface area (TPSA) is 48.1 Å². The first-order chi connectivity index (χ1) is 9.36. The van der Waals surface area contributed by atoms with Crippen LogP contribution in [0.25, 0.3) is 0 Å². The van der Waals surface area contributed by atoms with E-state index >= 15 is 0 Å². The third-order valence-corrected chi connectivity index (χ3v) is 2.63. The highest BCUT2D eigenvalue weighted by Gasteiger charge is 2.34. The molecule has 0 unspecified atom stereocenters. The highest BCUT2D eigenvalue weighted by Crippen LogP contribution is 2.37. The lowest BCUT2D eigenvalue weighted by atomic mass is 10.1. The Kier molecular flexibility index (Phi) is 3.83. The van der Waals surface area contributed by atoms with Crippen LogP contribution in [0.4, 0.5) is 18.9 Å². The Hall–Kier alpha value is -2.24. The molecule has 0 spiro atoms.